The first-order chi connectivity index (χ1) is 7.01. The maximum absolute atomic E-state index is 11.7. The van der Waals surface area contributed by atoms with Crippen molar-refractivity contribution in [1.29, 1.82) is 5.26 Å². The van der Waals surface area contributed by atoms with Gasteiger partial charge in [0.15, 0.2) is 0 Å². The maximum Gasteiger partial charge on any atom is 0.246 e. The van der Waals surface area contributed by atoms with E-state index in [4.69, 9.17) is 5.26 Å². The monoisotopic (exact) mass is 224 g/mol. The fourth-order valence-electron chi connectivity index (χ4n) is 0.873. The van der Waals surface area contributed by atoms with E-state index in [1.807, 2.05) is 6.07 Å². The van der Waals surface area contributed by atoms with Gasteiger partial charge in [-0.3, -0.25) is 10.1 Å². The minimum Gasteiger partial charge on any atom is -0.299 e. The van der Waals surface area contributed by atoms with Gasteiger partial charge in [0.1, 0.15) is 10.4 Å². The molecule has 0 spiro atoms. The second-order valence-corrected chi connectivity index (χ2v) is 4.56. The van der Waals surface area contributed by atoms with E-state index in [0.29, 0.717) is 11.6 Å². The summed E-state index contributed by atoms with van der Waals surface area (Å²) >= 11 is 1.29. The van der Waals surface area contributed by atoms with E-state index in [-0.39, 0.29) is 5.91 Å². The van der Waals surface area contributed by atoms with Crippen LogP contribution in [0.15, 0.2) is 0 Å². The second-order valence-electron chi connectivity index (χ2n) is 3.38. The van der Waals surface area contributed by atoms with Gasteiger partial charge in [0.25, 0.3) is 0 Å². The molecule has 0 bridgehead atoms. The van der Waals surface area contributed by atoms with Crippen LogP contribution in [0.3, 0.4) is 0 Å². The zero-order valence-corrected chi connectivity index (χ0v) is 9.68. The van der Waals surface area contributed by atoms with E-state index in [1.54, 1.807) is 20.8 Å². The van der Waals surface area contributed by atoms with E-state index in [0.717, 1.165) is 5.01 Å². The van der Waals surface area contributed by atoms with E-state index < -0.39 is 5.41 Å². The van der Waals surface area contributed by atoms with Gasteiger partial charge >= 0.3 is 0 Å². The van der Waals surface area contributed by atoms with Gasteiger partial charge in [0.05, 0.1) is 6.07 Å². The van der Waals surface area contributed by atoms with E-state index in [2.05, 4.69) is 15.5 Å². The average molecular weight is 224 g/mol. The van der Waals surface area contributed by atoms with Crippen LogP contribution in [0.5, 0.6) is 0 Å². The highest BCUT2D eigenvalue weighted by molar-refractivity contribution is 7.15. The van der Waals surface area contributed by atoms with Crippen molar-refractivity contribution < 1.29 is 4.79 Å². The van der Waals surface area contributed by atoms with Gasteiger partial charge in [-0.2, -0.15) is 5.26 Å². The molecule has 1 unspecified atom stereocenters. The van der Waals surface area contributed by atoms with Crippen molar-refractivity contribution in [3.05, 3.63) is 5.01 Å². The largest absolute Gasteiger partial charge is 0.299 e. The molecule has 0 aliphatic carbocycles. The first-order valence-corrected chi connectivity index (χ1v) is 5.36. The van der Waals surface area contributed by atoms with Gasteiger partial charge in [-0.05, 0) is 20.3 Å². The average Bonchev–Trinajstić information content (AvgIpc) is 2.62. The maximum atomic E-state index is 11.7. The molecule has 6 heteroatoms. The molecule has 1 heterocycles. The van der Waals surface area contributed by atoms with Crippen molar-refractivity contribution in [1.82, 2.24) is 10.2 Å². The summed E-state index contributed by atoms with van der Waals surface area (Å²) in [5.74, 6) is -0.330. The fraction of sp³-hybridized carbons (Fsp3) is 0.556. The highest BCUT2D eigenvalue weighted by atomic mass is 32.1. The number of nitrogens with one attached hydrogen (secondary N) is 1. The van der Waals surface area contributed by atoms with Crippen LogP contribution in [-0.4, -0.2) is 16.1 Å². The molecule has 80 valence electrons. The van der Waals surface area contributed by atoms with E-state index in [9.17, 15) is 4.79 Å². The molecule has 0 aliphatic rings. The molecule has 1 atom stereocenters. The number of hydrogen-bond donors (Lipinski definition) is 1. The van der Waals surface area contributed by atoms with Crippen molar-refractivity contribution >= 4 is 22.4 Å². The molecule has 5 nitrogen and oxygen atoms in total. The number of anilines is 1. The number of carbonyl (C=O) groups is 1. The molecule has 0 radical (unpaired) electrons. The summed E-state index contributed by atoms with van der Waals surface area (Å²) in [6.45, 7) is 5.21. The van der Waals surface area contributed by atoms with Gasteiger partial charge in [0.2, 0.25) is 11.0 Å². The Morgan fingerprint density at radius 2 is 2.33 bits per heavy atom. The summed E-state index contributed by atoms with van der Waals surface area (Å²) < 4.78 is 0. The molecule has 0 aliphatic heterocycles. The highest BCUT2D eigenvalue weighted by Crippen LogP contribution is 2.23. The Labute approximate surface area is 92.1 Å². The zero-order chi connectivity index (χ0) is 11.5. The molecule has 15 heavy (non-hydrogen) atoms. The third-order valence-corrected chi connectivity index (χ3v) is 2.96. The SMILES string of the molecule is CCC(C)(C#N)C(=O)Nc1nnc(C)s1. The number of hydrogen-bond acceptors (Lipinski definition) is 5. The molecule has 0 saturated heterocycles. The lowest BCUT2D eigenvalue weighted by Gasteiger charge is -2.16. The van der Waals surface area contributed by atoms with Gasteiger partial charge in [-0.1, -0.05) is 18.3 Å². The van der Waals surface area contributed by atoms with Crippen molar-refractivity contribution in [2.75, 3.05) is 5.32 Å². The van der Waals surface area contributed by atoms with E-state index >= 15 is 0 Å². The number of aromatic nitrogens is 2. The molecule has 0 saturated carbocycles. The normalized spacial score (nSPS) is 14.0. The van der Waals surface area contributed by atoms with Gasteiger partial charge < -0.3 is 0 Å². The Morgan fingerprint density at radius 1 is 1.67 bits per heavy atom. The predicted octanol–water partition coefficient (Wildman–Crippen LogP) is 1.72. The molecule has 0 fully saturated rings. The number of nitriles is 1. The molecule has 1 amide bonds. The molecule has 0 aromatic carbocycles. The van der Waals surface area contributed by atoms with Crippen LogP contribution in [0.1, 0.15) is 25.3 Å². The minimum atomic E-state index is -1.00. The number of amides is 1. The lowest BCUT2D eigenvalue weighted by atomic mass is 9.88. The van der Waals surface area contributed by atoms with E-state index in [1.165, 1.54) is 11.3 Å². The van der Waals surface area contributed by atoms with Crippen LogP contribution in [-0.2, 0) is 4.79 Å². The first kappa shape index (κ1) is 11.6. The predicted molar refractivity (Wildman–Crippen MR) is 57.3 cm³/mol. The molecule has 1 aromatic rings. The summed E-state index contributed by atoms with van der Waals surface area (Å²) in [6.07, 6.45) is 0.465. The Morgan fingerprint density at radius 3 is 2.73 bits per heavy atom. The second kappa shape index (κ2) is 4.36. The molecular formula is C9H12N4OS. The first-order valence-electron chi connectivity index (χ1n) is 4.54. The van der Waals surface area contributed by atoms with Crippen molar-refractivity contribution in [2.45, 2.75) is 27.2 Å². The number of aryl methyl sites for hydroxylation is 1. The Bertz CT molecular complexity index is 408. The van der Waals surface area contributed by atoms with Crippen molar-refractivity contribution in [3.63, 3.8) is 0 Å². The standard InChI is InChI=1S/C9H12N4OS/c1-4-9(3,5-10)7(14)11-8-13-12-6(2)15-8/h4H2,1-3H3,(H,11,13,14). The lowest BCUT2D eigenvalue weighted by Crippen LogP contribution is -2.31. The minimum absolute atomic E-state index is 0.330. The van der Waals surface area contributed by atoms with Crippen LogP contribution in [0.25, 0.3) is 0 Å². The summed E-state index contributed by atoms with van der Waals surface area (Å²) in [7, 11) is 0. The smallest absolute Gasteiger partial charge is 0.246 e. The van der Waals surface area contributed by atoms with Gasteiger partial charge in [-0.15, -0.1) is 10.2 Å². The molecular weight excluding hydrogens is 212 g/mol. The van der Waals surface area contributed by atoms with Crippen molar-refractivity contribution in [3.8, 4) is 6.07 Å². The molecule has 1 N–H and O–H groups in total. The highest BCUT2D eigenvalue weighted by Gasteiger charge is 2.31. The molecule has 1 aromatic heterocycles. The van der Waals surface area contributed by atoms with Crippen LogP contribution >= 0.6 is 11.3 Å². The Balaban J connectivity index is 2.76. The van der Waals surface area contributed by atoms with Crippen molar-refractivity contribution in [2.24, 2.45) is 5.41 Å². The Kier molecular flexibility index (Phi) is 3.37. The summed E-state index contributed by atoms with van der Waals surface area (Å²) in [5.41, 5.74) is -1.00. The lowest BCUT2D eigenvalue weighted by molar-refractivity contribution is -0.122. The van der Waals surface area contributed by atoms with Crippen LogP contribution < -0.4 is 5.32 Å². The third kappa shape index (κ3) is 2.50. The summed E-state index contributed by atoms with van der Waals surface area (Å²) in [4.78, 5) is 11.7. The van der Waals surface area contributed by atoms with Crippen LogP contribution in [0.2, 0.25) is 0 Å². The molecule has 1 rings (SSSR count). The quantitative estimate of drug-likeness (QED) is 0.847. The van der Waals surface area contributed by atoms with Crippen LogP contribution in [0, 0.1) is 23.7 Å². The topological polar surface area (TPSA) is 78.7 Å². The zero-order valence-electron chi connectivity index (χ0n) is 8.87. The summed E-state index contributed by atoms with van der Waals surface area (Å²) in [6, 6.07) is 2.00. The Hall–Kier alpha value is -1.48. The third-order valence-electron chi connectivity index (χ3n) is 2.20. The number of rotatable bonds is 3. The van der Waals surface area contributed by atoms with Gasteiger partial charge in [-0.25, -0.2) is 0 Å². The van der Waals surface area contributed by atoms with Gasteiger partial charge in [0, 0.05) is 0 Å². The van der Waals surface area contributed by atoms with Crippen LogP contribution in [0.4, 0.5) is 5.13 Å². The number of nitrogens with zero attached hydrogens (tertiary/aromatic N) is 3. The summed E-state index contributed by atoms with van der Waals surface area (Å²) in [5, 5.41) is 20.2. The number of carbonyl (C=O) groups excluding carboxylic acids is 1. The fourth-order valence-corrected chi connectivity index (χ4v) is 1.46.